The van der Waals surface area contributed by atoms with Crippen LogP contribution < -0.4 is 4.74 Å². The van der Waals surface area contributed by atoms with Gasteiger partial charge in [-0.05, 0) is 37.8 Å². The second-order valence-electron chi connectivity index (χ2n) is 6.40. The van der Waals surface area contributed by atoms with Crippen LogP contribution in [0.4, 0.5) is 5.69 Å². The minimum Gasteiger partial charge on any atom is -0.469 e. The van der Waals surface area contributed by atoms with Crippen LogP contribution in [-0.2, 0) is 0 Å². The van der Waals surface area contributed by atoms with E-state index in [1.807, 2.05) is 30.3 Å². The monoisotopic (exact) mass is 382 g/mol. The second-order valence-corrected chi connectivity index (χ2v) is 7.43. The van der Waals surface area contributed by atoms with Crippen molar-refractivity contribution in [1.29, 1.82) is 0 Å². The van der Waals surface area contributed by atoms with Crippen LogP contribution in [0.2, 0.25) is 0 Å². The lowest BCUT2D eigenvalue weighted by Gasteiger charge is -2.22. The van der Waals surface area contributed by atoms with E-state index in [0.717, 1.165) is 41.5 Å². The molecule has 27 heavy (non-hydrogen) atoms. The molecule has 4 rings (SSSR count). The number of nitrogens with zero attached hydrogens (tertiary/aromatic N) is 4. The largest absolute Gasteiger partial charge is 0.469 e. The van der Waals surface area contributed by atoms with Crippen molar-refractivity contribution in [3.8, 4) is 5.88 Å². The Labute approximate surface area is 160 Å². The summed E-state index contributed by atoms with van der Waals surface area (Å²) in [5, 5.41) is 13.0. The fourth-order valence-corrected chi connectivity index (χ4v) is 4.25. The molecule has 1 fully saturated rings. The van der Waals surface area contributed by atoms with Crippen molar-refractivity contribution in [2.75, 3.05) is 0 Å². The highest BCUT2D eigenvalue weighted by atomic mass is 32.2. The molecule has 0 bridgehead atoms. The number of rotatable bonds is 5. The van der Waals surface area contributed by atoms with Crippen molar-refractivity contribution in [2.24, 2.45) is 0 Å². The molecule has 0 aliphatic heterocycles. The van der Waals surface area contributed by atoms with Crippen molar-refractivity contribution in [2.45, 2.75) is 48.1 Å². The first kappa shape index (κ1) is 17.7. The molecule has 3 aromatic rings. The number of pyridine rings is 1. The van der Waals surface area contributed by atoms with E-state index in [1.165, 1.54) is 24.5 Å². The number of hydrogen-bond acceptors (Lipinski definition) is 7. The van der Waals surface area contributed by atoms with Crippen molar-refractivity contribution in [1.82, 2.24) is 15.0 Å². The van der Waals surface area contributed by atoms with Gasteiger partial charge in [-0.1, -0.05) is 36.4 Å². The predicted molar refractivity (Wildman–Crippen MR) is 102 cm³/mol. The molecule has 0 saturated heterocycles. The minimum absolute atomic E-state index is 0.0237. The van der Waals surface area contributed by atoms with E-state index < -0.39 is 4.92 Å². The fourth-order valence-electron chi connectivity index (χ4n) is 3.27. The first-order chi connectivity index (χ1) is 13.2. The quantitative estimate of drug-likeness (QED) is 0.356. The fraction of sp³-hybridized carbons (Fsp3) is 0.316. The molecule has 1 saturated carbocycles. The van der Waals surface area contributed by atoms with Crippen LogP contribution >= 0.6 is 11.8 Å². The van der Waals surface area contributed by atoms with Gasteiger partial charge in [0.15, 0.2) is 5.03 Å². The Kier molecular flexibility index (Phi) is 5.15. The number of hydrogen-bond donors (Lipinski definition) is 0. The zero-order valence-corrected chi connectivity index (χ0v) is 15.4. The highest BCUT2D eigenvalue weighted by Crippen LogP contribution is 2.40. The smallest absolute Gasteiger partial charge is 0.363 e. The molecule has 0 amide bonds. The zero-order chi connectivity index (χ0) is 18.6. The normalized spacial score (nSPS) is 15.0. The van der Waals surface area contributed by atoms with Gasteiger partial charge >= 0.3 is 5.69 Å². The zero-order valence-electron chi connectivity index (χ0n) is 14.6. The number of ether oxygens (including phenoxy) is 1. The Morgan fingerprint density at radius 1 is 1.07 bits per heavy atom. The molecule has 1 aliphatic rings. The van der Waals surface area contributed by atoms with Gasteiger partial charge in [-0.15, -0.1) is 0 Å². The topological polar surface area (TPSA) is 91.0 Å². The highest BCUT2D eigenvalue weighted by Gasteiger charge is 2.28. The number of nitro groups is 1. The van der Waals surface area contributed by atoms with Crippen LogP contribution in [0.1, 0.15) is 32.1 Å². The predicted octanol–water partition coefficient (Wildman–Crippen LogP) is 4.80. The molecular formula is C19H18N4O3S. The summed E-state index contributed by atoms with van der Waals surface area (Å²) in [5.74, 6) is 0.0533. The average Bonchev–Trinajstić information content (AvgIpc) is 2.69. The minimum atomic E-state index is -0.459. The maximum Gasteiger partial charge on any atom is 0.363 e. The van der Waals surface area contributed by atoms with Gasteiger partial charge < -0.3 is 4.74 Å². The number of benzene rings is 1. The molecule has 1 aromatic carbocycles. The average molecular weight is 382 g/mol. The van der Waals surface area contributed by atoms with Gasteiger partial charge in [0.2, 0.25) is 0 Å². The maximum absolute atomic E-state index is 11.8. The van der Waals surface area contributed by atoms with E-state index >= 15 is 0 Å². The van der Waals surface area contributed by atoms with Gasteiger partial charge in [-0.3, -0.25) is 15.1 Å². The van der Waals surface area contributed by atoms with Crippen LogP contribution in [-0.4, -0.2) is 26.0 Å². The first-order valence-corrected chi connectivity index (χ1v) is 9.71. The molecule has 138 valence electrons. The van der Waals surface area contributed by atoms with Crippen LogP contribution in [0.15, 0.2) is 52.8 Å². The molecule has 8 heteroatoms. The summed E-state index contributed by atoms with van der Waals surface area (Å²) in [4.78, 5) is 24.7. The Hall–Kier alpha value is -2.74. The van der Waals surface area contributed by atoms with Gasteiger partial charge in [-0.25, -0.2) is 4.98 Å². The number of para-hydroxylation sites is 1. The lowest BCUT2D eigenvalue weighted by atomic mass is 9.98. The van der Waals surface area contributed by atoms with Crippen molar-refractivity contribution in [3.05, 3.63) is 53.0 Å². The molecule has 7 nitrogen and oxygen atoms in total. The van der Waals surface area contributed by atoms with Gasteiger partial charge in [-0.2, -0.15) is 4.98 Å². The lowest BCUT2D eigenvalue weighted by molar-refractivity contribution is -0.389. The maximum atomic E-state index is 11.8. The molecule has 0 spiro atoms. The van der Waals surface area contributed by atoms with E-state index in [-0.39, 0.29) is 22.7 Å². The van der Waals surface area contributed by atoms with Gasteiger partial charge in [0, 0.05) is 16.5 Å². The van der Waals surface area contributed by atoms with E-state index in [2.05, 4.69) is 15.0 Å². The summed E-state index contributed by atoms with van der Waals surface area (Å²) in [6.45, 7) is 0. The van der Waals surface area contributed by atoms with Gasteiger partial charge in [0.05, 0.1) is 10.4 Å². The molecule has 0 unspecified atom stereocenters. The molecular weight excluding hydrogens is 364 g/mol. The van der Waals surface area contributed by atoms with Crippen molar-refractivity contribution < 1.29 is 9.66 Å². The Bertz CT molecular complexity index is 971. The summed E-state index contributed by atoms with van der Waals surface area (Å²) in [6, 6.07) is 9.56. The van der Waals surface area contributed by atoms with Crippen molar-refractivity contribution >= 4 is 28.4 Å². The number of fused-ring (bicyclic) bond motifs is 1. The van der Waals surface area contributed by atoms with Gasteiger partial charge in [0.25, 0.3) is 5.88 Å². The Balaban J connectivity index is 1.69. The lowest BCUT2D eigenvalue weighted by Crippen LogP contribution is -2.21. The Morgan fingerprint density at radius 2 is 1.89 bits per heavy atom. The molecule has 0 atom stereocenters. The second kappa shape index (κ2) is 7.87. The summed E-state index contributed by atoms with van der Waals surface area (Å²) < 4.78 is 5.89. The summed E-state index contributed by atoms with van der Waals surface area (Å²) >= 11 is 1.21. The third-order valence-corrected chi connectivity index (χ3v) is 5.61. The van der Waals surface area contributed by atoms with E-state index in [1.54, 1.807) is 6.20 Å². The van der Waals surface area contributed by atoms with Crippen molar-refractivity contribution in [3.63, 3.8) is 0 Å². The highest BCUT2D eigenvalue weighted by molar-refractivity contribution is 7.99. The third kappa shape index (κ3) is 3.85. The van der Waals surface area contributed by atoms with Crippen LogP contribution in [0.5, 0.6) is 5.88 Å². The Morgan fingerprint density at radius 3 is 2.70 bits per heavy atom. The third-order valence-electron chi connectivity index (χ3n) is 4.57. The van der Waals surface area contributed by atoms with E-state index in [0.29, 0.717) is 0 Å². The summed E-state index contributed by atoms with van der Waals surface area (Å²) in [6.07, 6.45) is 8.14. The van der Waals surface area contributed by atoms with E-state index in [9.17, 15) is 10.1 Å². The molecule has 2 heterocycles. The standard InChI is InChI=1S/C19H18N4O3S/c24-23(25)17-18(26-14-8-2-1-3-9-14)21-12-22-19(17)27-15-10-4-6-13-7-5-11-20-16(13)15/h4-7,10-12,14H,1-3,8-9H2. The van der Waals surface area contributed by atoms with Crippen LogP contribution in [0.25, 0.3) is 10.9 Å². The molecule has 2 aromatic heterocycles. The number of aromatic nitrogens is 3. The molecule has 0 radical (unpaired) electrons. The summed E-state index contributed by atoms with van der Waals surface area (Å²) in [5.41, 5.74) is 0.605. The van der Waals surface area contributed by atoms with Gasteiger partial charge in [0.1, 0.15) is 12.4 Å². The SMILES string of the molecule is O=[N+]([O-])c1c(OC2CCCCC2)ncnc1Sc1cccc2cccnc12. The van der Waals surface area contributed by atoms with Crippen LogP contribution in [0, 0.1) is 10.1 Å². The molecule has 1 aliphatic carbocycles. The summed E-state index contributed by atoms with van der Waals surface area (Å²) in [7, 11) is 0. The van der Waals surface area contributed by atoms with Crippen LogP contribution in [0.3, 0.4) is 0 Å². The first-order valence-electron chi connectivity index (χ1n) is 8.90. The molecule has 0 N–H and O–H groups in total. The van der Waals surface area contributed by atoms with E-state index in [4.69, 9.17) is 4.74 Å².